The van der Waals surface area contributed by atoms with Gasteiger partial charge in [0, 0.05) is 24.2 Å². The number of rotatable bonds is 4. The highest BCUT2D eigenvalue weighted by Crippen LogP contribution is 2.28. The van der Waals surface area contributed by atoms with Gasteiger partial charge in [0.2, 0.25) is 0 Å². The second-order valence-electron chi connectivity index (χ2n) is 5.45. The SMILES string of the molecule is C1CN1.C=C(C)C(=O)O.C=C(CC1CCCCC1)C(=O)O. The molecule has 21 heavy (non-hydrogen) atoms. The maximum absolute atomic E-state index is 10.5. The fraction of sp³-hybridized carbons (Fsp3) is 0.625. The van der Waals surface area contributed by atoms with Gasteiger partial charge in [0.15, 0.2) is 0 Å². The summed E-state index contributed by atoms with van der Waals surface area (Å²) in [4.78, 5) is 20.1. The Balaban J connectivity index is 0.000000367. The minimum atomic E-state index is -0.935. The molecule has 0 aromatic carbocycles. The lowest BCUT2D eigenvalue weighted by atomic mass is 9.85. The Morgan fingerprint density at radius 2 is 1.48 bits per heavy atom. The Bertz CT molecular complexity index is 354. The predicted molar refractivity (Wildman–Crippen MR) is 83.3 cm³/mol. The summed E-state index contributed by atoms with van der Waals surface area (Å²) in [5, 5.41) is 19.5. The molecule has 0 aromatic heterocycles. The molecule has 2 aliphatic rings. The highest BCUT2D eigenvalue weighted by Gasteiger charge is 2.16. The van der Waals surface area contributed by atoms with Crippen LogP contribution in [0.1, 0.15) is 45.4 Å². The Morgan fingerprint density at radius 3 is 1.76 bits per heavy atom. The molecule has 1 saturated heterocycles. The van der Waals surface area contributed by atoms with E-state index in [9.17, 15) is 9.59 Å². The van der Waals surface area contributed by atoms with Crippen LogP contribution in [0.15, 0.2) is 24.3 Å². The number of carboxylic acids is 2. The number of hydrogen-bond donors (Lipinski definition) is 3. The molecule has 5 heteroatoms. The first kappa shape index (κ1) is 19.4. The van der Waals surface area contributed by atoms with Gasteiger partial charge in [-0.25, -0.2) is 9.59 Å². The van der Waals surface area contributed by atoms with E-state index in [0.29, 0.717) is 17.9 Å². The topological polar surface area (TPSA) is 96.5 Å². The van der Waals surface area contributed by atoms with Crippen LogP contribution in [0.3, 0.4) is 0 Å². The monoisotopic (exact) mass is 297 g/mol. The molecule has 1 heterocycles. The summed E-state index contributed by atoms with van der Waals surface area (Å²) in [6.45, 7) is 10.7. The molecule has 2 rings (SSSR count). The highest BCUT2D eigenvalue weighted by atomic mass is 16.4. The van der Waals surface area contributed by atoms with Gasteiger partial charge < -0.3 is 15.5 Å². The molecule has 1 aliphatic carbocycles. The van der Waals surface area contributed by atoms with E-state index < -0.39 is 11.9 Å². The average Bonchev–Trinajstić information content (AvgIpc) is 3.28. The Hall–Kier alpha value is -1.62. The summed E-state index contributed by atoms with van der Waals surface area (Å²) in [7, 11) is 0. The van der Waals surface area contributed by atoms with Crippen LogP contribution in [-0.4, -0.2) is 35.2 Å². The third kappa shape index (κ3) is 13.1. The fourth-order valence-corrected chi connectivity index (χ4v) is 1.83. The molecule has 1 aliphatic heterocycles. The van der Waals surface area contributed by atoms with Crippen molar-refractivity contribution in [1.82, 2.24) is 5.32 Å². The van der Waals surface area contributed by atoms with Crippen LogP contribution in [0.25, 0.3) is 0 Å². The van der Waals surface area contributed by atoms with Gasteiger partial charge in [0.25, 0.3) is 0 Å². The maximum Gasteiger partial charge on any atom is 0.330 e. The maximum atomic E-state index is 10.5. The van der Waals surface area contributed by atoms with Crippen molar-refractivity contribution in [2.75, 3.05) is 13.1 Å². The lowest BCUT2D eigenvalue weighted by Crippen LogP contribution is -2.10. The van der Waals surface area contributed by atoms with Crippen molar-refractivity contribution in [1.29, 1.82) is 0 Å². The van der Waals surface area contributed by atoms with Crippen LogP contribution in [0.5, 0.6) is 0 Å². The van der Waals surface area contributed by atoms with E-state index in [-0.39, 0.29) is 5.57 Å². The van der Waals surface area contributed by atoms with Crippen molar-refractivity contribution in [3.8, 4) is 0 Å². The minimum absolute atomic E-state index is 0.176. The number of carboxylic acid groups (broad SMARTS) is 2. The Kier molecular flexibility index (Phi) is 10.2. The van der Waals surface area contributed by atoms with E-state index in [2.05, 4.69) is 18.5 Å². The van der Waals surface area contributed by atoms with Gasteiger partial charge in [-0.15, -0.1) is 0 Å². The summed E-state index contributed by atoms with van der Waals surface area (Å²) in [5.74, 6) is -1.18. The van der Waals surface area contributed by atoms with E-state index in [4.69, 9.17) is 10.2 Å². The summed E-state index contributed by atoms with van der Waals surface area (Å²) >= 11 is 0. The molecule has 0 radical (unpaired) electrons. The predicted octanol–water partition coefficient (Wildman–Crippen LogP) is 2.83. The van der Waals surface area contributed by atoms with Gasteiger partial charge in [0.05, 0.1) is 0 Å². The summed E-state index contributed by atoms with van der Waals surface area (Å²) in [6.07, 6.45) is 6.90. The van der Waals surface area contributed by atoms with Gasteiger partial charge in [-0.2, -0.15) is 0 Å². The van der Waals surface area contributed by atoms with Crippen LogP contribution in [0.4, 0.5) is 0 Å². The van der Waals surface area contributed by atoms with Gasteiger partial charge in [-0.05, 0) is 19.3 Å². The molecule has 0 spiro atoms. The number of nitrogens with one attached hydrogen (secondary N) is 1. The van der Waals surface area contributed by atoms with Crippen LogP contribution in [-0.2, 0) is 9.59 Å². The Morgan fingerprint density at radius 1 is 1.05 bits per heavy atom. The zero-order chi connectivity index (χ0) is 16.3. The van der Waals surface area contributed by atoms with Crippen LogP contribution in [0, 0.1) is 5.92 Å². The molecule has 0 amide bonds. The van der Waals surface area contributed by atoms with Gasteiger partial charge in [0.1, 0.15) is 0 Å². The zero-order valence-corrected chi connectivity index (χ0v) is 12.9. The van der Waals surface area contributed by atoms with Crippen molar-refractivity contribution in [3.63, 3.8) is 0 Å². The largest absolute Gasteiger partial charge is 0.478 e. The molecule has 3 N–H and O–H groups in total. The van der Waals surface area contributed by atoms with Crippen molar-refractivity contribution < 1.29 is 19.8 Å². The third-order valence-corrected chi connectivity index (χ3v) is 3.18. The summed E-state index contributed by atoms with van der Waals surface area (Å²) < 4.78 is 0. The number of aliphatic carboxylic acids is 2. The fourth-order valence-electron chi connectivity index (χ4n) is 1.83. The molecule has 0 unspecified atom stereocenters. The number of hydrogen-bond acceptors (Lipinski definition) is 3. The Labute approximate surface area is 126 Å². The van der Waals surface area contributed by atoms with Gasteiger partial charge in [-0.1, -0.05) is 45.3 Å². The molecule has 0 atom stereocenters. The van der Waals surface area contributed by atoms with E-state index >= 15 is 0 Å². The molecule has 2 fully saturated rings. The van der Waals surface area contributed by atoms with Crippen molar-refractivity contribution in [2.24, 2.45) is 5.92 Å². The third-order valence-electron chi connectivity index (χ3n) is 3.18. The van der Waals surface area contributed by atoms with Crippen molar-refractivity contribution >= 4 is 11.9 Å². The lowest BCUT2D eigenvalue weighted by Gasteiger charge is -2.21. The molecule has 1 saturated carbocycles. The van der Waals surface area contributed by atoms with Crippen LogP contribution < -0.4 is 5.32 Å². The first-order valence-electron chi connectivity index (χ1n) is 7.35. The second kappa shape index (κ2) is 11.1. The van der Waals surface area contributed by atoms with Crippen LogP contribution in [0.2, 0.25) is 0 Å². The zero-order valence-electron chi connectivity index (χ0n) is 12.9. The lowest BCUT2D eigenvalue weighted by molar-refractivity contribution is -0.133. The van der Waals surface area contributed by atoms with E-state index in [1.165, 1.54) is 52.1 Å². The first-order chi connectivity index (χ1) is 9.84. The van der Waals surface area contributed by atoms with Crippen molar-refractivity contribution in [2.45, 2.75) is 45.4 Å². The highest BCUT2D eigenvalue weighted by molar-refractivity contribution is 5.85. The molecule has 120 valence electrons. The standard InChI is InChI=1S/C10H16O2.C4H6O2.C2H5N/c1-8(10(11)12)7-9-5-3-2-4-6-9;1-3(2)4(5)6;1-2-3-1/h9H,1-7H2,(H,11,12);1H2,2H3,(H,5,6);3H,1-2H2. The molecular formula is C16H27NO4. The van der Waals surface area contributed by atoms with Gasteiger partial charge in [-0.3, -0.25) is 0 Å². The number of carbonyl (C=O) groups is 2. The van der Waals surface area contributed by atoms with Crippen molar-refractivity contribution in [3.05, 3.63) is 24.3 Å². The second-order valence-corrected chi connectivity index (χ2v) is 5.45. The smallest absolute Gasteiger partial charge is 0.330 e. The normalized spacial score (nSPS) is 16.4. The first-order valence-corrected chi connectivity index (χ1v) is 7.35. The molecule has 0 aromatic rings. The quantitative estimate of drug-likeness (QED) is 0.547. The van der Waals surface area contributed by atoms with E-state index in [1.807, 2.05) is 0 Å². The van der Waals surface area contributed by atoms with Crippen LogP contribution >= 0.6 is 0 Å². The van der Waals surface area contributed by atoms with Gasteiger partial charge >= 0.3 is 11.9 Å². The average molecular weight is 297 g/mol. The molecule has 5 nitrogen and oxygen atoms in total. The molecular weight excluding hydrogens is 270 g/mol. The summed E-state index contributed by atoms with van der Waals surface area (Å²) in [6, 6.07) is 0. The summed E-state index contributed by atoms with van der Waals surface area (Å²) in [5.41, 5.74) is 0.553. The molecule has 0 bridgehead atoms. The van der Waals surface area contributed by atoms with E-state index in [0.717, 1.165) is 0 Å². The van der Waals surface area contributed by atoms with E-state index in [1.54, 1.807) is 0 Å². The minimum Gasteiger partial charge on any atom is -0.478 e.